The van der Waals surface area contributed by atoms with Gasteiger partial charge in [-0.25, -0.2) is 4.98 Å². The van der Waals surface area contributed by atoms with Crippen molar-refractivity contribution in [3.8, 4) is 11.3 Å². The van der Waals surface area contributed by atoms with Crippen LogP contribution in [0.2, 0.25) is 5.02 Å². The van der Waals surface area contributed by atoms with E-state index in [1.807, 2.05) is 12.1 Å². The summed E-state index contributed by atoms with van der Waals surface area (Å²) in [6.07, 6.45) is 2.40. The van der Waals surface area contributed by atoms with Crippen molar-refractivity contribution in [2.45, 2.75) is 19.3 Å². The average Bonchev–Trinajstić information content (AvgIpc) is 3.02. The van der Waals surface area contributed by atoms with Gasteiger partial charge in [0.1, 0.15) is 0 Å². The molecule has 0 aliphatic rings. The number of esters is 1. The van der Waals surface area contributed by atoms with Gasteiger partial charge in [0.25, 0.3) is 0 Å². The molecule has 122 valence electrons. The lowest BCUT2D eigenvalue weighted by atomic mass is 10.2. The van der Waals surface area contributed by atoms with Gasteiger partial charge in [-0.2, -0.15) is 0 Å². The predicted molar refractivity (Wildman–Crippen MR) is 84.9 cm³/mol. The van der Waals surface area contributed by atoms with Gasteiger partial charge in [-0.3, -0.25) is 9.59 Å². The molecule has 6 nitrogen and oxygen atoms in total. The fourth-order valence-electron chi connectivity index (χ4n) is 1.89. The molecule has 0 radical (unpaired) electrons. The molecule has 0 spiro atoms. The molecule has 0 atom stereocenters. The van der Waals surface area contributed by atoms with Crippen LogP contribution in [-0.4, -0.2) is 30.5 Å². The lowest BCUT2D eigenvalue weighted by molar-refractivity contribution is -0.140. The predicted octanol–water partition coefficient (Wildman–Crippen LogP) is 2.61. The van der Waals surface area contributed by atoms with Gasteiger partial charge in [-0.1, -0.05) is 11.6 Å². The van der Waals surface area contributed by atoms with Crippen LogP contribution in [-0.2, 0) is 20.7 Å². The van der Waals surface area contributed by atoms with Crippen molar-refractivity contribution in [2.24, 2.45) is 0 Å². The van der Waals surface area contributed by atoms with Gasteiger partial charge in [0.15, 0.2) is 11.7 Å². The Morgan fingerprint density at radius 3 is 2.70 bits per heavy atom. The van der Waals surface area contributed by atoms with Crippen molar-refractivity contribution in [2.75, 3.05) is 13.7 Å². The molecule has 0 fully saturated rings. The SMILES string of the molecule is COC(=O)CCNC(=O)CCc1ncc(-c2ccc(Cl)cc2)o1. The second kappa shape index (κ2) is 8.33. The van der Waals surface area contributed by atoms with Gasteiger partial charge in [-0.05, 0) is 24.3 Å². The fraction of sp³-hybridized carbons (Fsp3) is 0.312. The van der Waals surface area contributed by atoms with Gasteiger partial charge in [-0.15, -0.1) is 0 Å². The minimum atomic E-state index is -0.356. The summed E-state index contributed by atoms with van der Waals surface area (Å²) in [4.78, 5) is 26.7. The minimum Gasteiger partial charge on any atom is -0.469 e. The van der Waals surface area contributed by atoms with Crippen molar-refractivity contribution in [3.63, 3.8) is 0 Å². The highest BCUT2D eigenvalue weighted by molar-refractivity contribution is 6.30. The van der Waals surface area contributed by atoms with Crippen LogP contribution in [0, 0.1) is 0 Å². The summed E-state index contributed by atoms with van der Waals surface area (Å²) in [5.74, 6) is 0.589. The number of carbonyl (C=O) groups excluding carboxylic acids is 2. The first kappa shape index (κ1) is 17.0. The maximum Gasteiger partial charge on any atom is 0.307 e. The number of amides is 1. The topological polar surface area (TPSA) is 81.4 Å². The third kappa shape index (κ3) is 5.41. The van der Waals surface area contributed by atoms with Crippen LogP contribution in [0.4, 0.5) is 0 Å². The molecule has 7 heteroatoms. The van der Waals surface area contributed by atoms with Gasteiger partial charge in [0.05, 0.1) is 19.7 Å². The van der Waals surface area contributed by atoms with Crippen molar-refractivity contribution >= 4 is 23.5 Å². The van der Waals surface area contributed by atoms with Crippen molar-refractivity contribution < 1.29 is 18.7 Å². The van der Waals surface area contributed by atoms with E-state index in [1.165, 1.54) is 7.11 Å². The standard InChI is InChI=1S/C16H17ClN2O4/c1-22-16(21)8-9-18-14(20)6-7-15-19-10-13(23-15)11-2-4-12(17)5-3-11/h2-5,10H,6-9H2,1H3,(H,18,20). The molecule has 1 aromatic carbocycles. The van der Waals surface area contributed by atoms with E-state index in [-0.39, 0.29) is 31.3 Å². The fourth-order valence-corrected chi connectivity index (χ4v) is 2.01. The first-order valence-electron chi connectivity index (χ1n) is 7.12. The van der Waals surface area contributed by atoms with E-state index in [1.54, 1.807) is 18.3 Å². The normalized spacial score (nSPS) is 10.3. The maximum absolute atomic E-state index is 11.7. The summed E-state index contributed by atoms with van der Waals surface area (Å²) in [7, 11) is 1.31. The summed E-state index contributed by atoms with van der Waals surface area (Å²) in [5, 5.41) is 3.29. The van der Waals surface area contributed by atoms with Crippen LogP contribution in [0.25, 0.3) is 11.3 Å². The van der Waals surface area contributed by atoms with Crippen molar-refractivity contribution in [1.82, 2.24) is 10.3 Å². The van der Waals surface area contributed by atoms with Crippen molar-refractivity contribution in [3.05, 3.63) is 41.4 Å². The van der Waals surface area contributed by atoms with Crippen LogP contribution in [0.3, 0.4) is 0 Å². The zero-order valence-corrected chi connectivity index (χ0v) is 13.4. The molecule has 1 heterocycles. The number of halogens is 1. The molecular weight excluding hydrogens is 320 g/mol. The van der Waals surface area contributed by atoms with E-state index in [0.717, 1.165) is 5.56 Å². The Hall–Kier alpha value is -2.34. The van der Waals surface area contributed by atoms with Gasteiger partial charge >= 0.3 is 5.97 Å². The lowest BCUT2D eigenvalue weighted by Gasteiger charge is -2.03. The monoisotopic (exact) mass is 336 g/mol. The maximum atomic E-state index is 11.7. The summed E-state index contributed by atoms with van der Waals surface area (Å²) in [5.41, 5.74) is 0.871. The number of aromatic nitrogens is 1. The number of hydrogen-bond acceptors (Lipinski definition) is 5. The average molecular weight is 337 g/mol. The van der Waals surface area contributed by atoms with Crippen molar-refractivity contribution in [1.29, 1.82) is 0 Å². The van der Waals surface area contributed by atoms with E-state index >= 15 is 0 Å². The molecule has 0 saturated carbocycles. The molecule has 1 aromatic heterocycles. The Balaban J connectivity index is 1.79. The Morgan fingerprint density at radius 2 is 2.00 bits per heavy atom. The summed E-state index contributed by atoms with van der Waals surface area (Å²) in [6, 6.07) is 7.22. The number of benzene rings is 1. The van der Waals surface area contributed by atoms with E-state index in [9.17, 15) is 9.59 Å². The number of rotatable bonds is 7. The Morgan fingerprint density at radius 1 is 1.26 bits per heavy atom. The third-order valence-corrected chi connectivity index (χ3v) is 3.38. The molecule has 0 aliphatic carbocycles. The van der Waals surface area contributed by atoms with E-state index in [4.69, 9.17) is 16.0 Å². The molecule has 2 rings (SSSR count). The number of methoxy groups -OCH3 is 1. The summed E-state index contributed by atoms with van der Waals surface area (Å²) >= 11 is 5.84. The minimum absolute atomic E-state index is 0.155. The first-order valence-corrected chi connectivity index (χ1v) is 7.50. The Labute approximate surface area is 138 Å². The molecule has 1 amide bonds. The number of oxazole rings is 1. The summed E-state index contributed by atoms with van der Waals surface area (Å²) < 4.78 is 10.1. The molecule has 23 heavy (non-hydrogen) atoms. The third-order valence-electron chi connectivity index (χ3n) is 3.13. The van der Waals surface area contributed by atoms with Crippen LogP contribution in [0.1, 0.15) is 18.7 Å². The highest BCUT2D eigenvalue weighted by atomic mass is 35.5. The lowest BCUT2D eigenvalue weighted by Crippen LogP contribution is -2.26. The zero-order valence-electron chi connectivity index (χ0n) is 12.7. The molecule has 0 unspecified atom stereocenters. The molecule has 0 aliphatic heterocycles. The Bertz CT molecular complexity index is 667. The molecule has 1 N–H and O–H groups in total. The highest BCUT2D eigenvalue weighted by Crippen LogP contribution is 2.22. The molecule has 2 aromatic rings. The van der Waals surface area contributed by atoms with Crippen LogP contribution in [0.15, 0.2) is 34.9 Å². The van der Waals surface area contributed by atoms with Crippen LogP contribution in [0.5, 0.6) is 0 Å². The number of ether oxygens (including phenoxy) is 1. The van der Waals surface area contributed by atoms with Gasteiger partial charge < -0.3 is 14.5 Å². The quantitative estimate of drug-likeness (QED) is 0.786. The van der Waals surface area contributed by atoms with E-state index in [2.05, 4.69) is 15.0 Å². The molecule has 0 bridgehead atoms. The van der Waals surface area contributed by atoms with Gasteiger partial charge in [0.2, 0.25) is 5.91 Å². The number of hydrogen-bond donors (Lipinski definition) is 1. The zero-order chi connectivity index (χ0) is 16.7. The van der Waals surface area contributed by atoms with E-state index < -0.39 is 0 Å². The summed E-state index contributed by atoms with van der Waals surface area (Å²) in [6.45, 7) is 0.257. The number of nitrogens with zero attached hydrogens (tertiary/aromatic N) is 1. The first-order chi connectivity index (χ1) is 11.1. The Kier molecular flexibility index (Phi) is 6.17. The number of carbonyl (C=O) groups is 2. The highest BCUT2D eigenvalue weighted by Gasteiger charge is 2.09. The van der Waals surface area contributed by atoms with E-state index in [0.29, 0.717) is 23.1 Å². The second-order valence-electron chi connectivity index (χ2n) is 4.80. The molecular formula is C16H17ClN2O4. The smallest absolute Gasteiger partial charge is 0.307 e. The number of nitrogens with one attached hydrogen (secondary N) is 1. The molecule has 0 saturated heterocycles. The van der Waals surface area contributed by atoms with Crippen LogP contribution >= 0.6 is 11.6 Å². The van der Waals surface area contributed by atoms with Gasteiger partial charge in [0, 0.05) is 30.0 Å². The van der Waals surface area contributed by atoms with Crippen LogP contribution < -0.4 is 5.32 Å². The number of aryl methyl sites for hydroxylation is 1. The second-order valence-corrected chi connectivity index (χ2v) is 5.24. The largest absolute Gasteiger partial charge is 0.469 e.